The molecule has 3 N–H and O–H groups in total. The fourth-order valence-electron chi connectivity index (χ4n) is 0. The molecule has 0 bridgehead atoms. The van der Waals surface area contributed by atoms with Crippen LogP contribution in [0.2, 0.25) is 0 Å². The molecule has 0 rings (SSSR count). The molecule has 7 heavy (non-hydrogen) atoms. The topological polar surface area (TPSA) is 94.9 Å². The van der Waals surface area contributed by atoms with Crippen LogP contribution in [-0.2, 0) is 0 Å². The van der Waals surface area contributed by atoms with Crippen molar-refractivity contribution in [2.24, 2.45) is 0 Å². The van der Waals surface area contributed by atoms with Gasteiger partial charge in [-0.15, -0.1) is 10.1 Å². The standard InChI is InChI=1S/2Mg.HNO3.H2O/c;;2-1(3)4;/h;;(H,2,3,4);1H2/q2*+2;;. The number of rotatable bonds is 0. The molecule has 0 aliphatic carbocycles. The van der Waals surface area contributed by atoms with Crippen LogP contribution in [0, 0.1) is 10.1 Å². The molecule has 32 valence electrons. The molecular weight excluding hydrogens is 127 g/mol. The Morgan fingerprint density at radius 3 is 1.43 bits per heavy atom. The van der Waals surface area contributed by atoms with Crippen LogP contribution in [0.3, 0.4) is 0 Å². The number of hydrogen-bond donors (Lipinski definition) is 1. The maximum absolute atomic E-state index is 8.36. The molecule has 0 aromatic rings. The van der Waals surface area contributed by atoms with Crippen LogP contribution in [0.5, 0.6) is 0 Å². The van der Waals surface area contributed by atoms with Crippen LogP contribution < -0.4 is 0 Å². The SMILES string of the molecule is O.O=[N+]([O-])O.[Mg+2].[Mg+2]. The predicted octanol–water partition coefficient (Wildman–Crippen LogP) is -1.93. The van der Waals surface area contributed by atoms with E-state index in [1.165, 1.54) is 0 Å². The Bertz CT molecular complexity index is 32.7. The Balaban J connectivity index is -0.0000000150. The molecule has 0 aromatic heterocycles. The maximum atomic E-state index is 8.36. The van der Waals surface area contributed by atoms with Gasteiger partial charge in [-0.3, -0.25) is 0 Å². The predicted molar refractivity (Wildman–Crippen MR) is 23.9 cm³/mol. The van der Waals surface area contributed by atoms with Crippen LogP contribution in [0.1, 0.15) is 0 Å². The Kier molecular flexibility index (Phi) is 57.4. The molecule has 0 aliphatic rings. The van der Waals surface area contributed by atoms with Crippen molar-refractivity contribution in [3.63, 3.8) is 0 Å². The van der Waals surface area contributed by atoms with Crippen molar-refractivity contribution in [2.75, 3.05) is 0 Å². The molecule has 0 radical (unpaired) electrons. The summed E-state index contributed by atoms with van der Waals surface area (Å²) < 4.78 is 0. The van der Waals surface area contributed by atoms with Gasteiger partial charge in [-0.2, -0.15) is 0 Å². The Hall–Kier alpha value is 0.692. The van der Waals surface area contributed by atoms with E-state index in [1.807, 2.05) is 0 Å². The molecule has 0 amide bonds. The second kappa shape index (κ2) is 15.9. The van der Waals surface area contributed by atoms with Crippen molar-refractivity contribution in [3.8, 4) is 0 Å². The molecule has 0 unspecified atom stereocenters. The molecule has 0 spiro atoms. The molecule has 0 saturated heterocycles. The van der Waals surface area contributed by atoms with Gasteiger partial charge >= 0.3 is 46.1 Å². The van der Waals surface area contributed by atoms with Gasteiger partial charge in [0.25, 0.3) is 5.09 Å². The molecule has 0 aliphatic heterocycles. The van der Waals surface area contributed by atoms with Gasteiger partial charge < -0.3 is 10.7 Å². The third-order valence-corrected chi connectivity index (χ3v) is 0. The fourth-order valence-corrected chi connectivity index (χ4v) is 0. The van der Waals surface area contributed by atoms with Crippen LogP contribution in [0.4, 0.5) is 0 Å². The van der Waals surface area contributed by atoms with Gasteiger partial charge in [-0.05, 0) is 0 Å². The summed E-state index contributed by atoms with van der Waals surface area (Å²) in [5.74, 6) is 0. The summed E-state index contributed by atoms with van der Waals surface area (Å²) in [6.45, 7) is 0. The van der Waals surface area contributed by atoms with Crippen molar-refractivity contribution >= 4 is 46.1 Å². The summed E-state index contributed by atoms with van der Waals surface area (Å²) in [6, 6.07) is 0. The number of hydrogen-bond acceptors (Lipinski definition) is 2. The first kappa shape index (κ1) is 25.3. The largest absolute Gasteiger partial charge is 2.00 e. The average molecular weight is 130 g/mol. The smallest absolute Gasteiger partial charge is 0.412 e. The Labute approximate surface area is 71.8 Å². The molecule has 0 atom stereocenters. The van der Waals surface area contributed by atoms with E-state index in [1.54, 1.807) is 0 Å². The van der Waals surface area contributed by atoms with Gasteiger partial charge in [0.1, 0.15) is 0 Å². The van der Waals surface area contributed by atoms with E-state index >= 15 is 0 Å². The van der Waals surface area contributed by atoms with E-state index in [2.05, 4.69) is 0 Å². The fraction of sp³-hybridized carbons (Fsp3) is 0. The normalized spacial score (nSPS) is 3.43. The molecular formula is H3Mg2NO4+4. The van der Waals surface area contributed by atoms with E-state index in [0.717, 1.165) is 0 Å². The summed E-state index contributed by atoms with van der Waals surface area (Å²) in [5, 5.41) is 13.6. The first-order valence-corrected chi connectivity index (χ1v) is 0.565. The molecule has 0 heterocycles. The van der Waals surface area contributed by atoms with Crippen molar-refractivity contribution in [1.82, 2.24) is 0 Å². The summed E-state index contributed by atoms with van der Waals surface area (Å²) >= 11 is 0. The summed E-state index contributed by atoms with van der Waals surface area (Å²) in [6.07, 6.45) is 0. The Morgan fingerprint density at radius 2 is 1.43 bits per heavy atom. The van der Waals surface area contributed by atoms with E-state index in [0.29, 0.717) is 0 Å². The summed E-state index contributed by atoms with van der Waals surface area (Å²) in [7, 11) is 0. The summed E-state index contributed by atoms with van der Waals surface area (Å²) in [4.78, 5) is 8.36. The third-order valence-electron chi connectivity index (χ3n) is 0. The third kappa shape index (κ3) is 307. The average Bonchev–Trinajstić information content (AvgIpc) is 0.811. The minimum absolute atomic E-state index is 0. The minimum atomic E-state index is -1.50. The van der Waals surface area contributed by atoms with E-state index in [9.17, 15) is 0 Å². The van der Waals surface area contributed by atoms with Gasteiger partial charge in [-0.1, -0.05) is 0 Å². The van der Waals surface area contributed by atoms with Gasteiger partial charge in [-0.25, -0.2) is 0 Å². The monoisotopic (exact) mass is 129 g/mol. The van der Waals surface area contributed by atoms with Gasteiger partial charge in [0.05, 0.1) is 0 Å². The second-order valence-corrected chi connectivity index (χ2v) is 0.238. The van der Waals surface area contributed by atoms with E-state index < -0.39 is 5.09 Å². The van der Waals surface area contributed by atoms with Crippen molar-refractivity contribution in [1.29, 1.82) is 0 Å². The first-order chi connectivity index (χ1) is 1.73. The molecule has 0 fully saturated rings. The van der Waals surface area contributed by atoms with E-state index in [-0.39, 0.29) is 51.6 Å². The zero-order valence-electron chi connectivity index (χ0n) is 3.63. The van der Waals surface area contributed by atoms with Crippen molar-refractivity contribution < 1.29 is 15.8 Å². The zero-order valence-corrected chi connectivity index (χ0v) is 6.45. The van der Waals surface area contributed by atoms with Crippen LogP contribution in [0.25, 0.3) is 0 Å². The first-order valence-electron chi connectivity index (χ1n) is 0.565. The maximum Gasteiger partial charge on any atom is 2.00 e. The molecule has 0 saturated carbocycles. The van der Waals surface area contributed by atoms with Crippen molar-refractivity contribution in [2.45, 2.75) is 0 Å². The van der Waals surface area contributed by atoms with Crippen LogP contribution in [-0.4, -0.2) is 61.9 Å². The second-order valence-electron chi connectivity index (χ2n) is 0.238. The quantitative estimate of drug-likeness (QED) is 0.234. The molecule has 0 aromatic carbocycles. The zero-order chi connectivity index (χ0) is 3.58. The number of nitrogens with zero attached hydrogens (tertiary/aromatic N) is 1. The van der Waals surface area contributed by atoms with Crippen LogP contribution in [0.15, 0.2) is 0 Å². The molecule has 7 heteroatoms. The van der Waals surface area contributed by atoms with Gasteiger partial charge in [0.2, 0.25) is 0 Å². The Morgan fingerprint density at radius 1 is 1.43 bits per heavy atom. The van der Waals surface area contributed by atoms with Gasteiger partial charge in [0, 0.05) is 0 Å². The van der Waals surface area contributed by atoms with E-state index in [4.69, 9.17) is 15.3 Å². The molecule has 5 nitrogen and oxygen atoms in total. The summed E-state index contributed by atoms with van der Waals surface area (Å²) in [5.41, 5.74) is 0. The van der Waals surface area contributed by atoms with Crippen LogP contribution >= 0.6 is 0 Å². The minimum Gasteiger partial charge on any atom is -0.412 e. The van der Waals surface area contributed by atoms with Crippen molar-refractivity contribution in [3.05, 3.63) is 10.1 Å². The van der Waals surface area contributed by atoms with Gasteiger partial charge in [0.15, 0.2) is 0 Å².